The third-order valence-corrected chi connectivity index (χ3v) is 7.32. The number of hydrogen-bond donors (Lipinski definition) is 2. The molecule has 5 rings (SSSR count). The van der Waals surface area contributed by atoms with Crippen LogP contribution in [0.4, 0.5) is 10.8 Å². The Morgan fingerprint density at radius 1 is 1.26 bits per heavy atom. The normalized spacial score (nSPS) is 14.4. The van der Waals surface area contributed by atoms with Gasteiger partial charge < -0.3 is 19.9 Å². The molecule has 0 aromatic carbocycles. The van der Waals surface area contributed by atoms with Crippen molar-refractivity contribution in [1.82, 2.24) is 24.6 Å². The van der Waals surface area contributed by atoms with Gasteiger partial charge >= 0.3 is 0 Å². The van der Waals surface area contributed by atoms with Crippen LogP contribution in [-0.4, -0.2) is 37.9 Å². The summed E-state index contributed by atoms with van der Waals surface area (Å²) < 4.78 is 10.7. The van der Waals surface area contributed by atoms with E-state index < -0.39 is 0 Å². The molecule has 0 atom stereocenters. The third-order valence-electron chi connectivity index (χ3n) is 6.47. The summed E-state index contributed by atoms with van der Waals surface area (Å²) in [5, 5.41) is 13.5. The van der Waals surface area contributed by atoms with Gasteiger partial charge in [0, 0.05) is 36.9 Å². The predicted molar refractivity (Wildman–Crippen MR) is 140 cm³/mol. The fourth-order valence-electron chi connectivity index (χ4n) is 4.73. The van der Waals surface area contributed by atoms with Crippen LogP contribution in [-0.2, 0) is 13.5 Å². The Morgan fingerprint density at radius 2 is 2.09 bits per heavy atom. The summed E-state index contributed by atoms with van der Waals surface area (Å²) in [6.07, 6.45) is 12.7. The van der Waals surface area contributed by atoms with Crippen molar-refractivity contribution in [3.63, 3.8) is 0 Å². The van der Waals surface area contributed by atoms with Crippen molar-refractivity contribution >= 4 is 39.1 Å². The Kier molecular flexibility index (Phi) is 6.77. The maximum absolute atomic E-state index is 12.2. The fraction of sp³-hybridized carbons (Fsp3) is 0.423. The fourth-order valence-corrected chi connectivity index (χ4v) is 5.51. The zero-order chi connectivity index (χ0) is 24.4. The molecule has 0 radical (unpaired) electrons. The number of nitrogens with zero attached hydrogens (tertiary/aromatic N) is 4. The van der Waals surface area contributed by atoms with E-state index in [1.54, 1.807) is 4.68 Å². The minimum absolute atomic E-state index is 0.0641. The number of thiophene rings is 1. The van der Waals surface area contributed by atoms with Crippen LogP contribution in [0.2, 0.25) is 0 Å². The molecule has 4 aromatic rings. The highest BCUT2D eigenvalue weighted by Gasteiger charge is 2.24. The van der Waals surface area contributed by atoms with Crippen LogP contribution < -0.4 is 15.4 Å². The summed E-state index contributed by atoms with van der Waals surface area (Å²) in [6, 6.07) is 3.90. The maximum atomic E-state index is 12.2. The van der Waals surface area contributed by atoms with Crippen molar-refractivity contribution in [2.75, 3.05) is 11.9 Å². The van der Waals surface area contributed by atoms with Crippen LogP contribution in [0.15, 0.2) is 36.1 Å². The molecule has 184 valence electrons. The summed E-state index contributed by atoms with van der Waals surface area (Å²) in [6.45, 7) is 4.65. The number of pyridine rings is 1. The summed E-state index contributed by atoms with van der Waals surface area (Å²) in [5.41, 5.74) is 4.50. The van der Waals surface area contributed by atoms with Gasteiger partial charge in [-0.05, 0) is 51.2 Å². The van der Waals surface area contributed by atoms with E-state index in [9.17, 15) is 4.79 Å². The third kappa shape index (κ3) is 4.77. The highest BCUT2D eigenvalue weighted by atomic mass is 32.1. The Morgan fingerprint density at radius 3 is 2.80 bits per heavy atom. The standard InChI is InChI=1S/C26H32N6O2S/c1-4-20-24(34-19-9-7-6-8-10-19)23-21(11-12-32(23)18-14-28-31(3)15-18)29-25(20)30-22-13-17(16-35-22)26(33)27-5-2/h11-16,19H,4-10H2,1-3H3,(H,27,33)(H,29,30). The molecular formula is C26H32N6O2S. The summed E-state index contributed by atoms with van der Waals surface area (Å²) in [5.74, 6) is 1.60. The molecule has 0 saturated heterocycles. The maximum Gasteiger partial charge on any atom is 0.252 e. The molecule has 0 spiro atoms. The Labute approximate surface area is 209 Å². The second-order valence-corrected chi connectivity index (χ2v) is 9.89. The van der Waals surface area contributed by atoms with Crippen molar-refractivity contribution in [3.8, 4) is 11.4 Å². The number of aromatic nitrogens is 4. The number of carbonyl (C=O) groups excluding carboxylic acids is 1. The monoisotopic (exact) mass is 492 g/mol. The van der Waals surface area contributed by atoms with Gasteiger partial charge in [0.1, 0.15) is 11.3 Å². The first-order valence-electron chi connectivity index (χ1n) is 12.4. The van der Waals surface area contributed by atoms with Crippen molar-refractivity contribution in [2.45, 2.75) is 58.5 Å². The first kappa shape index (κ1) is 23.4. The number of ether oxygens (including phenoxy) is 1. The Bertz CT molecular complexity index is 1330. The molecule has 1 saturated carbocycles. The van der Waals surface area contributed by atoms with E-state index in [1.807, 2.05) is 50.1 Å². The van der Waals surface area contributed by atoms with Crippen molar-refractivity contribution < 1.29 is 9.53 Å². The van der Waals surface area contributed by atoms with Crippen LogP contribution in [0.3, 0.4) is 0 Å². The van der Waals surface area contributed by atoms with Gasteiger partial charge in [-0.1, -0.05) is 13.3 Å². The van der Waals surface area contributed by atoms with Gasteiger partial charge in [-0.2, -0.15) is 5.10 Å². The largest absolute Gasteiger partial charge is 0.488 e. The number of carbonyl (C=O) groups is 1. The number of fused-ring (bicyclic) bond motifs is 1. The number of hydrogen-bond acceptors (Lipinski definition) is 6. The van der Waals surface area contributed by atoms with E-state index in [1.165, 1.54) is 30.6 Å². The molecule has 0 aliphatic heterocycles. The molecule has 4 heterocycles. The minimum atomic E-state index is -0.0641. The van der Waals surface area contributed by atoms with E-state index in [4.69, 9.17) is 9.72 Å². The van der Waals surface area contributed by atoms with E-state index in [2.05, 4.69) is 27.2 Å². The molecule has 8 nitrogen and oxygen atoms in total. The average Bonchev–Trinajstić information content (AvgIpc) is 3.60. The molecule has 9 heteroatoms. The molecular weight excluding hydrogens is 460 g/mol. The Balaban J connectivity index is 1.59. The molecule has 0 unspecified atom stereocenters. The van der Waals surface area contributed by atoms with Crippen LogP contribution in [0.5, 0.6) is 5.75 Å². The number of nitrogens with one attached hydrogen (secondary N) is 2. The second-order valence-electron chi connectivity index (χ2n) is 8.98. The first-order valence-corrected chi connectivity index (χ1v) is 13.3. The lowest BCUT2D eigenvalue weighted by Crippen LogP contribution is -2.21. The highest BCUT2D eigenvalue weighted by molar-refractivity contribution is 7.14. The summed E-state index contributed by atoms with van der Waals surface area (Å²) in [7, 11) is 1.92. The summed E-state index contributed by atoms with van der Waals surface area (Å²) >= 11 is 1.50. The lowest BCUT2D eigenvalue weighted by atomic mass is 9.97. The smallest absolute Gasteiger partial charge is 0.252 e. The Hall–Kier alpha value is -3.33. The minimum Gasteiger partial charge on any atom is -0.488 e. The van der Waals surface area contributed by atoms with E-state index in [0.29, 0.717) is 12.1 Å². The first-order chi connectivity index (χ1) is 17.1. The van der Waals surface area contributed by atoms with Crippen molar-refractivity contribution in [1.29, 1.82) is 0 Å². The predicted octanol–water partition coefficient (Wildman–Crippen LogP) is 5.59. The van der Waals surface area contributed by atoms with Gasteiger partial charge in [-0.25, -0.2) is 4.98 Å². The highest BCUT2D eigenvalue weighted by Crippen LogP contribution is 2.39. The lowest BCUT2D eigenvalue weighted by molar-refractivity contribution is 0.0956. The van der Waals surface area contributed by atoms with Crippen LogP contribution in [0.25, 0.3) is 16.7 Å². The molecule has 35 heavy (non-hydrogen) atoms. The summed E-state index contributed by atoms with van der Waals surface area (Å²) in [4.78, 5) is 17.3. The number of aryl methyl sites for hydroxylation is 1. The van der Waals surface area contributed by atoms with Crippen LogP contribution in [0, 0.1) is 0 Å². The molecule has 1 amide bonds. The van der Waals surface area contributed by atoms with Gasteiger partial charge in [0.25, 0.3) is 5.91 Å². The van der Waals surface area contributed by atoms with Gasteiger partial charge in [0.05, 0.1) is 34.1 Å². The van der Waals surface area contributed by atoms with Gasteiger partial charge in [0.15, 0.2) is 5.75 Å². The van der Waals surface area contributed by atoms with Crippen LogP contribution in [0.1, 0.15) is 61.9 Å². The van der Waals surface area contributed by atoms with Crippen LogP contribution >= 0.6 is 11.3 Å². The number of amides is 1. The van der Waals surface area contributed by atoms with E-state index in [0.717, 1.165) is 58.1 Å². The number of rotatable bonds is 8. The molecule has 1 aliphatic rings. The molecule has 2 N–H and O–H groups in total. The lowest BCUT2D eigenvalue weighted by Gasteiger charge is -2.26. The van der Waals surface area contributed by atoms with E-state index in [-0.39, 0.29) is 12.0 Å². The van der Waals surface area contributed by atoms with Gasteiger partial charge in [-0.15, -0.1) is 11.3 Å². The van der Waals surface area contributed by atoms with Crippen molar-refractivity contribution in [2.24, 2.45) is 7.05 Å². The zero-order valence-electron chi connectivity index (χ0n) is 20.5. The average molecular weight is 493 g/mol. The van der Waals surface area contributed by atoms with E-state index >= 15 is 0 Å². The quantitative estimate of drug-likeness (QED) is 0.335. The van der Waals surface area contributed by atoms with Crippen molar-refractivity contribution in [3.05, 3.63) is 47.2 Å². The molecule has 1 fully saturated rings. The topological polar surface area (TPSA) is 86.0 Å². The zero-order valence-corrected chi connectivity index (χ0v) is 21.3. The molecule has 4 aromatic heterocycles. The second kappa shape index (κ2) is 10.1. The number of anilines is 2. The van der Waals surface area contributed by atoms with Gasteiger partial charge in [0.2, 0.25) is 0 Å². The van der Waals surface area contributed by atoms with Gasteiger partial charge in [-0.3, -0.25) is 9.48 Å². The molecule has 1 aliphatic carbocycles. The molecule has 0 bridgehead atoms. The SMILES string of the molecule is CCNC(=O)c1csc(Nc2nc3ccn(-c4cnn(C)c4)c3c(OC3CCCCC3)c2CC)c1.